The summed E-state index contributed by atoms with van der Waals surface area (Å²) in [6, 6.07) is 0.402. The van der Waals surface area contributed by atoms with Crippen molar-refractivity contribution in [1.82, 2.24) is 9.55 Å². The summed E-state index contributed by atoms with van der Waals surface area (Å²) >= 11 is 0. The van der Waals surface area contributed by atoms with Gasteiger partial charge in [-0.2, -0.15) is 0 Å². The van der Waals surface area contributed by atoms with Crippen molar-refractivity contribution < 1.29 is 0 Å². The van der Waals surface area contributed by atoms with E-state index in [-0.39, 0.29) is 24.0 Å². The van der Waals surface area contributed by atoms with E-state index in [2.05, 4.69) is 30.0 Å². The number of allylic oxidation sites excluding steroid dienone is 1. The molecule has 1 aromatic rings. The highest BCUT2D eigenvalue weighted by Crippen LogP contribution is 2.22. The van der Waals surface area contributed by atoms with E-state index >= 15 is 0 Å². The van der Waals surface area contributed by atoms with Crippen LogP contribution in [-0.2, 0) is 0 Å². The SMILES string of the molecule is C=CC(CC(C)CCCCC)n1ccnc1.I. The largest absolute Gasteiger partial charge is 0.331 e. The maximum Gasteiger partial charge on any atom is 0.0951 e. The Hall–Kier alpha value is -0.320. The van der Waals surface area contributed by atoms with Crippen LogP contribution in [0.25, 0.3) is 0 Å². The predicted octanol–water partition coefficient (Wildman–Crippen LogP) is 4.83. The Morgan fingerprint density at radius 1 is 1.41 bits per heavy atom. The number of unbranched alkanes of at least 4 members (excludes halogenated alkanes) is 2. The summed E-state index contributed by atoms with van der Waals surface area (Å²) in [6.07, 6.45) is 14.3. The van der Waals surface area contributed by atoms with Gasteiger partial charge in [-0.25, -0.2) is 4.98 Å². The highest BCUT2D eigenvalue weighted by molar-refractivity contribution is 14.0. The monoisotopic (exact) mass is 348 g/mol. The quantitative estimate of drug-likeness (QED) is 0.374. The number of halogens is 1. The van der Waals surface area contributed by atoms with Gasteiger partial charge in [0.15, 0.2) is 0 Å². The van der Waals surface area contributed by atoms with E-state index in [1.165, 1.54) is 32.1 Å². The molecule has 0 N–H and O–H groups in total. The van der Waals surface area contributed by atoms with E-state index in [4.69, 9.17) is 0 Å². The smallest absolute Gasteiger partial charge is 0.0951 e. The summed E-state index contributed by atoms with van der Waals surface area (Å²) in [5, 5.41) is 0. The van der Waals surface area contributed by atoms with Crippen molar-refractivity contribution >= 4 is 24.0 Å². The first-order valence-corrected chi connectivity index (χ1v) is 6.38. The third-order valence-electron chi connectivity index (χ3n) is 3.12. The van der Waals surface area contributed by atoms with Crippen LogP contribution in [0.5, 0.6) is 0 Å². The Morgan fingerprint density at radius 2 is 2.18 bits per heavy atom. The van der Waals surface area contributed by atoms with Crippen LogP contribution in [0.1, 0.15) is 52.0 Å². The number of hydrogen-bond donors (Lipinski definition) is 0. The molecule has 2 nitrogen and oxygen atoms in total. The average Bonchev–Trinajstić information content (AvgIpc) is 2.79. The van der Waals surface area contributed by atoms with E-state index in [0.29, 0.717) is 6.04 Å². The van der Waals surface area contributed by atoms with Crippen LogP contribution in [0.15, 0.2) is 31.4 Å². The lowest BCUT2D eigenvalue weighted by Crippen LogP contribution is -2.09. The number of nitrogens with zero attached hydrogens (tertiary/aromatic N) is 2. The van der Waals surface area contributed by atoms with Crippen molar-refractivity contribution in [2.75, 3.05) is 0 Å². The molecule has 0 aliphatic rings. The molecule has 2 unspecified atom stereocenters. The molecule has 17 heavy (non-hydrogen) atoms. The van der Waals surface area contributed by atoms with E-state index in [1.54, 1.807) is 0 Å². The second-order valence-electron chi connectivity index (χ2n) is 4.65. The molecule has 1 rings (SSSR count). The van der Waals surface area contributed by atoms with Crippen LogP contribution in [0, 0.1) is 5.92 Å². The molecular weight excluding hydrogens is 323 g/mol. The molecular formula is C14H25IN2. The normalized spacial score (nSPS) is 13.8. The van der Waals surface area contributed by atoms with Gasteiger partial charge >= 0.3 is 0 Å². The average molecular weight is 348 g/mol. The Balaban J connectivity index is 0.00000256. The van der Waals surface area contributed by atoms with Gasteiger partial charge in [0.1, 0.15) is 0 Å². The summed E-state index contributed by atoms with van der Waals surface area (Å²) in [7, 11) is 0. The third-order valence-corrected chi connectivity index (χ3v) is 3.12. The van der Waals surface area contributed by atoms with Gasteiger partial charge in [0.05, 0.1) is 12.4 Å². The van der Waals surface area contributed by atoms with Crippen LogP contribution in [0.2, 0.25) is 0 Å². The first-order chi connectivity index (χ1) is 7.77. The lowest BCUT2D eigenvalue weighted by Gasteiger charge is -2.19. The van der Waals surface area contributed by atoms with E-state index in [1.807, 2.05) is 24.8 Å². The lowest BCUT2D eigenvalue weighted by molar-refractivity contribution is 0.400. The molecule has 0 saturated heterocycles. The van der Waals surface area contributed by atoms with E-state index < -0.39 is 0 Å². The second-order valence-corrected chi connectivity index (χ2v) is 4.65. The van der Waals surface area contributed by atoms with Crippen LogP contribution < -0.4 is 0 Å². The third kappa shape index (κ3) is 6.24. The van der Waals surface area contributed by atoms with E-state index in [9.17, 15) is 0 Å². The zero-order valence-electron chi connectivity index (χ0n) is 11.0. The van der Waals surface area contributed by atoms with Crippen LogP contribution >= 0.6 is 24.0 Å². The van der Waals surface area contributed by atoms with Gasteiger partial charge in [-0.3, -0.25) is 0 Å². The summed E-state index contributed by atoms with van der Waals surface area (Å²) < 4.78 is 2.14. The van der Waals surface area contributed by atoms with Crippen molar-refractivity contribution in [3.8, 4) is 0 Å². The fourth-order valence-corrected chi connectivity index (χ4v) is 2.08. The van der Waals surface area contributed by atoms with Gasteiger partial charge in [0, 0.05) is 12.4 Å². The molecule has 1 heterocycles. The zero-order valence-corrected chi connectivity index (χ0v) is 13.3. The van der Waals surface area contributed by atoms with E-state index in [0.717, 1.165) is 5.92 Å². The van der Waals surface area contributed by atoms with Crippen LogP contribution in [0.3, 0.4) is 0 Å². The van der Waals surface area contributed by atoms with Crippen molar-refractivity contribution in [3.63, 3.8) is 0 Å². The minimum Gasteiger partial charge on any atom is -0.331 e. The minimum atomic E-state index is 0. The fourth-order valence-electron chi connectivity index (χ4n) is 2.08. The molecule has 1 aromatic heterocycles. The van der Waals surface area contributed by atoms with Crippen molar-refractivity contribution in [2.24, 2.45) is 5.92 Å². The molecule has 0 bridgehead atoms. The van der Waals surface area contributed by atoms with Gasteiger partial charge in [-0.15, -0.1) is 30.6 Å². The maximum absolute atomic E-state index is 4.09. The Morgan fingerprint density at radius 3 is 2.71 bits per heavy atom. The Kier molecular flexibility index (Phi) is 9.50. The van der Waals surface area contributed by atoms with Crippen molar-refractivity contribution in [1.29, 1.82) is 0 Å². The maximum atomic E-state index is 4.09. The van der Waals surface area contributed by atoms with Gasteiger partial charge in [0.25, 0.3) is 0 Å². The second kappa shape index (κ2) is 9.68. The fraction of sp³-hybridized carbons (Fsp3) is 0.643. The molecule has 0 amide bonds. The zero-order chi connectivity index (χ0) is 11.8. The Bertz CT molecular complexity index is 282. The van der Waals surface area contributed by atoms with Crippen LogP contribution in [0.4, 0.5) is 0 Å². The molecule has 0 aliphatic heterocycles. The number of hydrogen-bond acceptors (Lipinski definition) is 1. The van der Waals surface area contributed by atoms with Gasteiger partial charge in [0.2, 0.25) is 0 Å². The topological polar surface area (TPSA) is 17.8 Å². The molecule has 0 aromatic carbocycles. The summed E-state index contributed by atoms with van der Waals surface area (Å²) in [5.74, 6) is 0.761. The summed E-state index contributed by atoms with van der Waals surface area (Å²) in [4.78, 5) is 4.09. The van der Waals surface area contributed by atoms with Crippen molar-refractivity contribution in [3.05, 3.63) is 31.4 Å². The molecule has 0 saturated carbocycles. The highest BCUT2D eigenvalue weighted by atomic mass is 127. The molecule has 3 heteroatoms. The van der Waals surface area contributed by atoms with Gasteiger partial charge in [-0.1, -0.05) is 45.6 Å². The summed E-state index contributed by atoms with van der Waals surface area (Å²) in [5.41, 5.74) is 0. The number of aromatic nitrogens is 2. The van der Waals surface area contributed by atoms with Crippen LogP contribution in [-0.4, -0.2) is 9.55 Å². The molecule has 98 valence electrons. The standard InChI is InChI=1S/C14H24N2.HI/c1-4-6-7-8-13(3)11-14(5-2)16-10-9-15-12-16;/h5,9-10,12-14H,2,4,6-8,11H2,1,3H3;1H. The minimum absolute atomic E-state index is 0. The number of rotatable bonds is 8. The molecule has 0 radical (unpaired) electrons. The molecule has 2 atom stereocenters. The lowest BCUT2D eigenvalue weighted by atomic mass is 9.95. The van der Waals surface area contributed by atoms with Gasteiger partial charge in [-0.05, 0) is 12.3 Å². The first-order valence-electron chi connectivity index (χ1n) is 6.38. The first kappa shape index (κ1) is 16.7. The molecule has 0 fully saturated rings. The Labute approximate surface area is 123 Å². The summed E-state index contributed by atoms with van der Waals surface area (Å²) in [6.45, 7) is 8.51. The molecule has 0 aliphatic carbocycles. The van der Waals surface area contributed by atoms with Gasteiger partial charge < -0.3 is 4.57 Å². The highest BCUT2D eigenvalue weighted by Gasteiger charge is 2.10. The molecule has 0 spiro atoms. The number of imidazole rings is 1. The van der Waals surface area contributed by atoms with Crippen molar-refractivity contribution in [2.45, 2.75) is 52.0 Å². The predicted molar refractivity (Wildman–Crippen MR) is 84.8 cm³/mol.